The van der Waals surface area contributed by atoms with E-state index in [0.29, 0.717) is 10.6 Å². The molecule has 4 nitrogen and oxygen atoms in total. The number of anilines is 1. The number of hydrogen-bond donors (Lipinski definition) is 2. The van der Waals surface area contributed by atoms with Gasteiger partial charge < -0.3 is 11.1 Å². The molecule has 0 radical (unpaired) electrons. The Labute approximate surface area is 143 Å². The Hall–Kier alpha value is -2.21. The number of nitrogens with two attached hydrogens (primary N) is 1. The molecule has 3 rings (SSSR count). The van der Waals surface area contributed by atoms with Crippen LogP contribution in [0.25, 0.3) is 0 Å². The van der Waals surface area contributed by atoms with Crippen molar-refractivity contribution >= 4 is 28.2 Å². The molecule has 0 spiro atoms. The zero-order chi connectivity index (χ0) is 17.1. The van der Waals surface area contributed by atoms with E-state index in [0.717, 1.165) is 42.5 Å². The molecule has 1 aromatic heterocycles. The maximum absolute atomic E-state index is 13.8. The Morgan fingerprint density at radius 2 is 1.79 bits per heavy atom. The number of amides is 2. The highest BCUT2D eigenvalue weighted by molar-refractivity contribution is 7.17. The number of carbonyl (C=O) groups is 2. The van der Waals surface area contributed by atoms with Crippen molar-refractivity contribution in [1.29, 1.82) is 0 Å². The summed E-state index contributed by atoms with van der Waals surface area (Å²) in [5, 5.41) is 3.12. The molecule has 0 fully saturated rings. The van der Waals surface area contributed by atoms with Crippen LogP contribution < -0.4 is 11.1 Å². The molecule has 24 heavy (non-hydrogen) atoms. The molecule has 126 valence electrons. The van der Waals surface area contributed by atoms with Crippen LogP contribution in [0.5, 0.6) is 0 Å². The SMILES string of the molecule is NC(=O)c1c(NC(=O)c2ccccc2F)sc2c1CCCCCC2. The van der Waals surface area contributed by atoms with Crippen molar-refractivity contribution in [3.8, 4) is 0 Å². The molecule has 1 heterocycles. The van der Waals surface area contributed by atoms with Crippen LogP contribution in [0, 0.1) is 5.82 Å². The van der Waals surface area contributed by atoms with Crippen molar-refractivity contribution in [2.24, 2.45) is 5.73 Å². The topological polar surface area (TPSA) is 72.2 Å². The number of primary amides is 1. The number of rotatable bonds is 3. The molecule has 2 aromatic rings. The second-order valence-corrected chi connectivity index (χ2v) is 7.03. The summed E-state index contributed by atoms with van der Waals surface area (Å²) in [5.41, 5.74) is 6.86. The fourth-order valence-corrected chi connectivity index (χ4v) is 4.37. The van der Waals surface area contributed by atoms with E-state index >= 15 is 0 Å². The van der Waals surface area contributed by atoms with Crippen molar-refractivity contribution in [3.63, 3.8) is 0 Å². The molecule has 0 bridgehead atoms. The zero-order valence-corrected chi connectivity index (χ0v) is 14.0. The minimum absolute atomic E-state index is 0.0475. The van der Waals surface area contributed by atoms with E-state index in [2.05, 4.69) is 5.32 Å². The van der Waals surface area contributed by atoms with Gasteiger partial charge in [-0.3, -0.25) is 9.59 Å². The number of benzene rings is 1. The molecule has 1 aliphatic rings. The second-order valence-electron chi connectivity index (χ2n) is 5.92. The van der Waals surface area contributed by atoms with Crippen LogP contribution in [0.4, 0.5) is 9.39 Å². The molecule has 0 aliphatic heterocycles. The number of carbonyl (C=O) groups excluding carboxylic acids is 2. The lowest BCUT2D eigenvalue weighted by Crippen LogP contribution is -2.19. The van der Waals surface area contributed by atoms with E-state index in [1.807, 2.05) is 0 Å². The highest BCUT2D eigenvalue weighted by Gasteiger charge is 2.24. The van der Waals surface area contributed by atoms with Gasteiger partial charge in [0, 0.05) is 4.88 Å². The molecule has 0 atom stereocenters. The minimum atomic E-state index is -0.592. The Balaban J connectivity index is 1.95. The number of aryl methyl sites for hydroxylation is 1. The summed E-state index contributed by atoms with van der Waals surface area (Å²) < 4.78 is 13.8. The van der Waals surface area contributed by atoms with E-state index in [1.54, 1.807) is 6.07 Å². The third-order valence-corrected chi connectivity index (χ3v) is 5.47. The molecule has 3 N–H and O–H groups in total. The highest BCUT2D eigenvalue weighted by Crippen LogP contribution is 2.37. The van der Waals surface area contributed by atoms with Gasteiger partial charge in [-0.1, -0.05) is 25.0 Å². The number of fused-ring (bicyclic) bond motifs is 1. The van der Waals surface area contributed by atoms with Gasteiger partial charge in [0.15, 0.2) is 0 Å². The number of hydrogen-bond acceptors (Lipinski definition) is 3. The molecule has 6 heteroatoms. The van der Waals surface area contributed by atoms with E-state index in [-0.39, 0.29) is 5.56 Å². The molecular weight excluding hydrogens is 327 g/mol. The van der Waals surface area contributed by atoms with E-state index in [9.17, 15) is 14.0 Å². The zero-order valence-electron chi connectivity index (χ0n) is 13.2. The van der Waals surface area contributed by atoms with Crippen LogP contribution in [-0.4, -0.2) is 11.8 Å². The molecular formula is C18H19FN2O2S. The van der Waals surface area contributed by atoms with Gasteiger partial charge in [0.1, 0.15) is 10.8 Å². The van der Waals surface area contributed by atoms with Gasteiger partial charge >= 0.3 is 0 Å². The first-order valence-corrected chi connectivity index (χ1v) is 8.90. The third-order valence-electron chi connectivity index (χ3n) is 4.26. The average Bonchev–Trinajstić information content (AvgIpc) is 2.84. The Morgan fingerprint density at radius 1 is 1.08 bits per heavy atom. The van der Waals surface area contributed by atoms with Gasteiger partial charge in [0.05, 0.1) is 11.1 Å². The van der Waals surface area contributed by atoms with Crippen molar-refractivity contribution in [2.45, 2.75) is 38.5 Å². The predicted molar refractivity (Wildman–Crippen MR) is 93.1 cm³/mol. The molecule has 0 unspecified atom stereocenters. The summed E-state index contributed by atoms with van der Waals surface area (Å²) in [6, 6.07) is 5.77. The van der Waals surface area contributed by atoms with Crippen molar-refractivity contribution < 1.29 is 14.0 Å². The lowest BCUT2D eigenvalue weighted by atomic mass is 9.96. The molecule has 1 aromatic carbocycles. The molecule has 1 aliphatic carbocycles. The molecule has 0 saturated carbocycles. The quantitative estimate of drug-likeness (QED) is 0.885. The molecule has 2 amide bonds. The van der Waals surface area contributed by atoms with E-state index in [1.165, 1.54) is 36.0 Å². The van der Waals surface area contributed by atoms with Crippen LogP contribution in [0.1, 0.15) is 56.8 Å². The third kappa shape index (κ3) is 3.33. The van der Waals surface area contributed by atoms with Gasteiger partial charge in [-0.05, 0) is 43.4 Å². The Morgan fingerprint density at radius 3 is 2.50 bits per heavy atom. The van der Waals surface area contributed by atoms with Crippen LogP contribution in [-0.2, 0) is 12.8 Å². The normalized spacial score (nSPS) is 14.4. The fourth-order valence-electron chi connectivity index (χ4n) is 3.08. The number of halogens is 1. The predicted octanol–water partition coefficient (Wildman–Crippen LogP) is 3.90. The summed E-state index contributed by atoms with van der Waals surface area (Å²) in [5.74, 6) is -1.70. The maximum atomic E-state index is 13.8. The Kier molecular flexibility index (Phi) is 4.94. The monoisotopic (exact) mass is 346 g/mol. The summed E-state index contributed by atoms with van der Waals surface area (Å²) >= 11 is 1.39. The smallest absolute Gasteiger partial charge is 0.259 e. The number of nitrogens with one attached hydrogen (secondary N) is 1. The van der Waals surface area contributed by atoms with Crippen LogP contribution >= 0.6 is 11.3 Å². The maximum Gasteiger partial charge on any atom is 0.259 e. The van der Waals surface area contributed by atoms with Gasteiger partial charge in [0.2, 0.25) is 0 Å². The summed E-state index contributed by atoms with van der Waals surface area (Å²) in [4.78, 5) is 25.4. The standard InChI is InChI=1S/C18H19FN2O2S/c19-13-9-6-5-7-11(13)17(23)21-18-15(16(20)22)12-8-3-1-2-4-10-14(12)24-18/h5-7,9H,1-4,8,10H2,(H2,20,22)(H,21,23). The lowest BCUT2D eigenvalue weighted by molar-refractivity contribution is 0.100. The lowest BCUT2D eigenvalue weighted by Gasteiger charge is -2.10. The van der Waals surface area contributed by atoms with Crippen molar-refractivity contribution in [1.82, 2.24) is 0 Å². The van der Waals surface area contributed by atoms with Crippen molar-refractivity contribution in [2.75, 3.05) is 5.32 Å². The first-order chi connectivity index (χ1) is 11.6. The first-order valence-electron chi connectivity index (χ1n) is 8.08. The van der Waals surface area contributed by atoms with Crippen LogP contribution in [0.15, 0.2) is 24.3 Å². The number of thiophene rings is 1. The largest absolute Gasteiger partial charge is 0.365 e. The van der Waals surface area contributed by atoms with Crippen LogP contribution in [0.2, 0.25) is 0 Å². The minimum Gasteiger partial charge on any atom is -0.365 e. The van der Waals surface area contributed by atoms with Crippen LogP contribution in [0.3, 0.4) is 0 Å². The van der Waals surface area contributed by atoms with E-state index < -0.39 is 17.6 Å². The van der Waals surface area contributed by atoms with Gasteiger partial charge in [-0.15, -0.1) is 11.3 Å². The first kappa shape index (κ1) is 16.6. The summed E-state index contributed by atoms with van der Waals surface area (Å²) in [7, 11) is 0. The Bertz CT molecular complexity index is 785. The van der Waals surface area contributed by atoms with E-state index in [4.69, 9.17) is 5.73 Å². The summed E-state index contributed by atoms with van der Waals surface area (Å²) in [6.45, 7) is 0. The highest BCUT2D eigenvalue weighted by atomic mass is 32.1. The fraction of sp³-hybridized carbons (Fsp3) is 0.333. The molecule has 0 saturated heterocycles. The van der Waals surface area contributed by atoms with Crippen molar-refractivity contribution in [3.05, 3.63) is 51.7 Å². The van der Waals surface area contributed by atoms with Gasteiger partial charge in [0.25, 0.3) is 11.8 Å². The average molecular weight is 346 g/mol. The second kappa shape index (κ2) is 7.13. The van der Waals surface area contributed by atoms with Gasteiger partial charge in [-0.2, -0.15) is 0 Å². The van der Waals surface area contributed by atoms with Gasteiger partial charge in [-0.25, -0.2) is 4.39 Å². The summed E-state index contributed by atoms with van der Waals surface area (Å²) in [6.07, 6.45) is 6.04.